The molecule has 0 saturated carbocycles. The summed E-state index contributed by atoms with van der Waals surface area (Å²) < 4.78 is 5.70. The molecule has 0 spiro atoms. The number of carbonyl (C=O) groups is 1. The third kappa shape index (κ3) is 1.97. The van der Waals surface area contributed by atoms with Gasteiger partial charge in [0.25, 0.3) is 0 Å². The number of aromatic nitrogens is 1. The van der Waals surface area contributed by atoms with Crippen molar-refractivity contribution in [3.8, 4) is 5.75 Å². The lowest BCUT2D eigenvalue weighted by molar-refractivity contribution is 0.0701. The second kappa shape index (κ2) is 5.33. The van der Waals surface area contributed by atoms with Gasteiger partial charge in [0, 0.05) is 10.9 Å². The van der Waals surface area contributed by atoms with Crippen molar-refractivity contribution in [3.05, 3.63) is 63.8 Å². The van der Waals surface area contributed by atoms with Gasteiger partial charge in [0.2, 0.25) is 0 Å². The van der Waals surface area contributed by atoms with Crippen LogP contribution in [0.3, 0.4) is 0 Å². The average molecular weight is 345 g/mol. The number of aromatic amines is 1. The van der Waals surface area contributed by atoms with Crippen LogP contribution in [-0.2, 0) is 6.42 Å². The Morgan fingerprint density at radius 2 is 1.96 bits per heavy atom. The van der Waals surface area contributed by atoms with Gasteiger partial charge in [-0.15, -0.1) is 0 Å². The number of nitrogens with one attached hydrogen (secondary N) is 1. The van der Waals surface area contributed by atoms with Crippen LogP contribution in [0.4, 0.5) is 0 Å². The van der Waals surface area contributed by atoms with Gasteiger partial charge in [0.1, 0.15) is 5.75 Å². The van der Waals surface area contributed by atoms with Crippen LogP contribution in [0.2, 0.25) is 0 Å². The highest BCUT2D eigenvalue weighted by Crippen LogP contribution is 2.33. The zero-order valence-electron chi connectivity index (χ0n) is 13.8. The Kier molecular flexibility index (Phi) is 3.06. The number of aromatic carboxylic acids is 1. The summed E-state index contributed by atoms with van der Waals surface area (Å²) in [6.45, 7) is 0.671. The van der Waals surface area contributed by atoms with Crippen LogP contribution in [0.15, 0.2) is 47.3 Å². The number of carboxylic acids is 1. The number of benzene rings is 3. The Labute approximate surface area is 147 Å². The first kappa shape index (κ1) is 15.0. The maximum atomic E-state index is 13.2. The number of fused-ring (bicyclic) bond motifs is 5. The second-order valence-corrected chi connectivity index (χ2v) is 6.57. The standard InChI is InChI=1S/C21H15NO4/c23-20-14-7-8-16-13(6-3-9-26-16)19(14)22-15-10-11-4-1-2-5-12(11)17(18(15)20)21(24)25/h1-2,4-5,7-8,10H,3,6,9H2,(H,22,23)(H,24,25). The van der Waals surface area contributed by atoms with E-state index in [-0.39, 0.29) is 16.4 Å². The lowest BCUT2D eigenvalue weighted by atomic mass is 9.96. The van der Waals surface area contributed by atoms with Crippen molar-refractivity contribution >= 4 is 38.5 Å². The number of rotatable bonds is 1. The highest BCUT2D eigenvalue weighted by molar-refractivity contribution is 6.16. The summed E-state index contributed by atoms with van der Waals surface area (Å²) >= 11 is 0. The number of hydrogen-bond acceptors (Lipinski definition) is 3. The molecule has 0 amide bonds. The highest BCUT2D eigenvalue weighted by atomic mass is 16.5. The topological polar surface area (TPSA) is 79.4 Å². The van der Waals surface area contributed by atoms with Crippen LogP contribution >= 0.6 is 0 Å². The van der Waals surface area contributed by atoms with Crippen LogP contribution in [0.25, 0.3) is 32.6 Å². The molecule has 5 heteroatoms. The van der Waals surface area contributed by atoms with Crippen LogP contribution in [0, 0.1) is 0 Å². The molecule has 2 heterocycles. The van der Waals surface area contributed by atoms with Crippen molar-refractivity contribution in [2.45, 2.75) is 12.8 Å². The van der Waals surface area contributed by atoms with E-state index in [4.69, 9.17) is 4.74 Å². The lowest BCUT2D eigenvalue weighted by Crippen LogP contribution is -2.14. The van der Waals surface area contributed by atoms with Crippen molar-refractivity contribution in [3.63, 3.8) is 0 Å². The summed E-state index contributed by atoms with van der Waals surface area (Å²) in [4.78, 5) is 28.5. The number of pyridine rings is 1. The van der Waals surface area contributed by atoms with E-state index in [0.717, 1.165) is 35.1 Å². The van der Waals surface area contributed by atoms with Gasteiger partial charge in [-0.05, 0) is 41.8 Å². The first-order valence-electron chi connectivity index (χ1n) is 8.54. The SMILES string of the molecule is O=C(O)c1c2ccccc2cc2[nH]c3c4c(ccc3c(=O)c12)OCCC4. The molecule has 4 aromatic rings. The second-order valence-electron chi connectivity index (χ2n) is 6.57. The van der Waals surface area contributed by atoms with E-state index >= 15 is 0 Å². The Hall–Kier alpha value is -3.34. The molecule has 1 aliphatic heterocycles. The van der Waals surface area contributed by atoms with E-state index < -0.39 is 5.97 Å². The van der Waals surface area contributed by atoms with Gasteiger partial charge in [0.15, 0.2) is 5.43 Å². The van der Waals surface area contributed by atoms with Crippen LogP contribution in [0.1, 0.15) is 22.3 Å². The monoisotopic (exact) mass is 345 g/mol. The molecule has 0 unspecified atom stereocenters. The summed E-state index contributed by atoms with van der Waals surface area (Å²) in [6, 6.07) is 12.6. The Balaban J connectivity index is 2.03. The Morgan fingerprint density at radius 3 is 2.81 bits per heavy atom. The van der Waals surface area contributed by atoms with Crippen molar-refractivity contribution in [1.29, 1.82) is 0 Å². The molecule has 0 fully saturated rings. The quantitative estimate of drug-likeness (QED) is 0.514. The first-order chi connectivity index (χ1) is 12.6. The van der Waals surface area contributed by atoms with Gasteiger partial charge < -0.3 is 14.8 Å². The van der Waals surface area contributed by atoms with Gasteiger partial charge in [-0.25, -0.2) is 4.79 Å². The zero-order valence-corrected chi connectivity index (χ0v) is 13.8. The minimum absolute atomic E-state index is 0.0511. The number of ether oxygens (including phenoxy) is 1. The average Bonchev–Trinajstić information content (AvgIpc) is 2.66. The molecular formula is C21H15NO4. The normalized spacial score (nSPS) is 13.7. The van der Waals surface area contributed by atoms with Crippen LogP contribution in [-0.4, -0.2) is 22.7 Å². The molecule has 0 saturated heterocycles. The largest absolute Gasteiger partial charge is 0.493 e. The number of H-pyrrole nitrogens is 1. The molecule has 3 aromatic carbocycles. The molecule has 5 rings (SSSR count). The van der Waals surface area contributed by atoms with Gasteiger partial charge in [-0.2, -0.15) is 0 Å². The van der Waals surface area contributed by atoms with Gasteiger partial charge in [0.05, 0.1) is 28.6 Å². The van der Waals surface area contributed by atoms with Crippen molar-refractivity contribution in [1.82, 2.24) is 4.98 Å². The number of carboxylic acid groups (broad SMARTS) is 1. The Bertz CT molecular complexity index is 1290. The van der Waals surface area contributed by atoms with E-state index in [1.54, 1.807) is 24.3 Å². The van der Waals surface area contributed by atoms with Gasteiger partial charge in [-0.1, -0.05) is 24.3 Å². The van der Waals surface area contributed by atoms with E-state index in [9.17, 15) is 14.7 Å². The predicted molar refractivity (Wildman–Crippen MR) is 100 cm³/mol. The molecular weight excluding hydrogens is 330 g/mol. The smallest absolute Gasteiger partial charge is 0.337 e. The van der Waals surface area contributed by atoms with E-state index in [1.807, 2.05) is 18.2 Å². The van der Waals surface area contributed by atoms with Gasteiger partial charge >= 0.3 is 5.97 Å². The summed E-state index contributed by atoms with van der Waals surface area (Å²) in [7, 11) is 0. The first-order valence-corrected chi connectivity index (χ1v) is 8.54. The molecule has 0 atom stereocenters. The van der Waals surface area contributed by atoms with Crippen LogP contribution < -0.4 is 10.2 Å². The lowest BCUT2D eigenvalue weighted by Gasteiger charge is -2.19. The molecule has 128 valence electrons. The number of aryl methyl sites for hydroxylation is 1. The molecule has 1 aromatic heterocycles. The van der Waals surface area contributed by atoms with Crippen LogP contribution in [0.5, 0.6) is 5.75 Å². The van der Waals surface area contributed by atoms with E-state index in [0.29, 0.717) is 22.9 Å². The highest BCUT2D eigenvalue weighted by Gasteiger charge is 2.21. The minimum atomic E-state index is -1.10. The third-order valence-electron chi connectivity index (χ3n) is 5.09. The third-order valence-corrected chi connectivity index (χ3v) is 5.09. The zero-order chi connectivity index (χ0) is 17.8. The summed E-state index contributed by atoms with van der Waals surface area (Å²) in [5, 5.41) is 11.9. The predicted octanol–water partition coefficient (Wildman–Crippen LogP) is 3.86. The molecule has 1 aliphatic rings. The van der Waals surface area contributed by atoms with Crippen molar-refractivity contribution < 1.29 is 14.6 Å². The minimum Gasteiger partial charge on any atom is -0.493 e. The molecule has 0 bridgehead atoms. The molecule has 5 nitrogen and oxygen atoms in total. The summed E-state index contributed by atoms with van der Waals surface area (Å²) in [6.07, 6.45) is 1.72. The molecule has 0 aliphatic carbocycles. The molecule has 26 heavy (non-hydrogen) atoms. The van der Waals surface area contributed by atoms with Crippen molar-refractivity contribution in [2.24, 2.45) is 0 Å². The van der Waals surface area contributed by atoms with Gasteiger partial charge in [-0.3, -0.25) is 4.79 Å². The molecule has 0 radical (unpaired) electrons. The summed E-state index contributed by atoms with van der Waals surface area (Å²) in [5.74, 6) is -0.309. The maximum Gasteiger partial charge on any atom is 0.337 e. The van der Waals surface area contributed by atoms with Crippen molar-refractivity contribution in [2.75, 3.05) is 6.61 Å². The Morgan fingerprint density at radius 1 is 1.12 bits per heavy atom. The maximum absolute atomic E-state index is 13.2. The fraction of sp³-hybridized carbons (Fsp3) is 0.143. The van der Waals surface area contributed by atoms with E-state index in [2.05, 4.69) is 4.98 Å². The fourth-order valence-corrected chi connectivity index (χ4v) is 3.95. The van der Waals surface area contributed by atoms with E-state index in [1.165, 1.54) is 0 Å². The summed E-state index contributed by atoms with van der Waals surface area (Å²) in [5.41, 5.74) is 2.06. The fourth-order valence-electron chi connectivity index (χ4n) is 3.95. The number of hydrogen-bond donors (Lipinski definition) is 2. The molecule has 2 N–H and O–H groups in total.